The van der Waals surface area contributed by atoms with Crippen LogP contribution in [0.25, 0.3) is 0 Å². The average Bonchev–Trinajstić information content (AvgIpc) is 1.74. The Morgan fingerprint density at radius 2 is 1.47 bits per heavy atom. The van der Waals surface area contributed by atoms with E-state index < -0.39 is 28.7 Å². The van der Waals surface area contributed by atoms with E-state index in [2.05, 4.69) is 5.32 Å². The van der Waals surface area contributed by atoms with Crippen molar-refractivity contribution in [3.63, 3.8) is 0 Å². The van der Waals surface area contributed by atoms with Crippen LogP contribution in [0.4, 0.5) is 0 Å². The van der Waals surface area contributed by atoms with Gasteiger partial charge in [0.1, 0.15) is 5.92 Å². The average molecular weight is 215 g/mol. The molecule has 0 radical (unpaired) electrons. The maximum atomic E-state index is 11.8. The van der Waals surface area contributed by atoms with Gasteiger partial charge < -0.3 is 10.4 Å². The van der Waals surface area contributed by atoms with Crippen molar-refractivity contribution in [1.29, 1.82) is 0 Å². The molecule has 0 heterocycles. The van der Waals surface area contributed by atoms with E-state index in [1.165, 1.54) is 0 Å². The second-order valence-corrected chi connectivity index (χ2v) is 5.88. The molecule has 0 spiro atoms. The van der Waals surface area contributed by atoms with Crippen LogP contribution in [0.2, 0.25) is 0 Å². The highest BCUT2D eigenvalue weighted by molar-refractivity contribution is 5.98. The SMILES string of the molecule is CC(C)(C)NC(=O)C(C(=O)O)C(C)(C)C. The van der Waals surface area contributed by atoms with E-state index in [-0.39, 0.29) is 0 Å². The Labute approximate surface area is 91.1 Å². The van der Waals surface area contributed by atoms with Gasteiger partial charge in [0.15, 0.2) is 0 Å². The number of rotatable bonds is 2. The monoisotopic (exact) mass is 215 g/mol. The molecule has 88 valence electrons. The van der Waals surface area contributed by atoms with E-state index in [4.69, 9.17) is 5.11 Å². The summed E-state index contributed by atoms with van der Waals surface area (Å²) in [5, 5.41) is 11.7. The Morgan fingerprint density at radius 3 is 1.67 bits per heavy atom. The maximum Gasteiger partial charge on any atom is 0.316 e. The Balaban J connectivity index is 4.82. The first-order valence-electron chi connectivity index (χ1n) is 5.00. The van der Waals surface area contributed by atoms with Crippen LogP contribution in [0, 0.1) is 11.3 Å². The first-order valence-corrected chi connectivity index (χ1v) is 5.00. The van der Waals surface area contributed by atoms with Crippen LogP contribution < -0.4 is 5.32 Å². The second-order valence-electron chi connectivity index (χ2n) is 5.88. The fourth-order valence-corrected chi connectivity index (χ4v) is 1.32. The van der Waals surface area contributed by atoms with Crippen LogP contribution in [0.15, 0.2) is 0 Å². The zero-order valence-electron chi connectivity index (χ0n) is 10.3. The van der Waals surface area contributed by atoms with Crippen molar-refractivity contribution in [1.82, 2.24) is 5.32 Å². The Morgan fingerprint density at radius 1 is 1.07 bits per heavy atom. The molecule has 0 saturated carbocycles. The van der Waals surface area contributed by atoms with E-state index in [9.17, 15) is 9.59 Å². The second kappa shape index (κ2) is 4.21. The molecule has 2 N–H and O–H groups in total. The molecule has 4 heteroatoms. The maximum absolute atomic E-state index is 11.8. The summed E-state index contributed by atoms with van der Waals surface area (Å²) in [6.07, 6.45) is 0. The smallest absolute Gasteiger partial charge is 0.316 e. The molecule has 0 aromatic carbocycles. The fourth-order valence-electron chi connectivity index (χ4n) is 1.32. The summed E-state index contributed by atoms with van der Waals surface area (Å²) < 4.78 is 0. The fraction of sp³-hybridized carbons (Fsp3) is 0.818. The van der Waals surface area contributed by atoms with Gasteiger partial charge >= 0.3 is 5.97 Å². The lowest BCUT2D eigenvalue weighted by atomic mass is 9.80. The van der Waals surface area contributed by atoms with Gasteiger partial charge in [0.2, 0.25) is 5.91 Å². The number of carbonyl (C=O) groups is 2. The van der Waals surface area contributed by atoms with Gasteiger partial charge in [0.25, 0.3) is 0 Å². The molecule has 1 amide bonds. The summed E-state index contributed by atoms with van der Waals surface area (Å²) in [6.45, 7) is 10.7. The lowest BCUT2D eigenvalue weighted by Crippen LogP contribution is -2.49. The highest BCUT2D eigenvalue weighted by Crippen LogP contribution is 2.26. The molecule has 0 aliphatic rings. The molecule has 1 atom stereocenters. The van der Waals surface area contributed by atoms with Crippen LogP contribution in [0.3, 0.4) is 0 Å². The highest BCUT2D eigenvalue weighted by atomic mass is 16.4. The van der Waals surface area contributed by atoms with E-state index in [0.717, 1.165) is 0 Å². The number of aliphatic carboxylic acids is 1. The van der Waals surface area contributed by atoms with E-state index in [1.54, 1.807) is 20.8 Å². The molecular weight excluding hydrogens is 194 g/mol. The molecule has 1 unspecified atom stereocenters. The number of nitrogens with one attached hydrogen (secondary N) is 1. The molecule has 0 aliphatic heterocycles. The van der Waals surface area contributed by atoms with Crippen molar-refractivity contribution in [3.8, 4) is 0 Å². The van der Waals surface area contributed by atoms with Gasteiger partial charge in [0.05, 0.1) is 0 Å². The molecule has 0 saturated heterocycles. The van der Waals surface area contributed by atoms with Crippen molar-refractivity contribution < 1.29 is 14.7 Å². The Kier molecular flexibility index (Phi) is 3.91. The summed E-state index contributed by atoms with van der Waals surface area (Å²) in [7, 11) is 0. The van der Waals surface area contributed by atoms with Crippen molar-refractivity contribution in [2.75, 3.05) is 0 Å². The predicted octanol–water partition coefficient (Wildman–Crippen LogP) is 1.65. The van der Waals surface area contributed by atoms with Crippen molar-refractivity contribution in [2.24, 2.45) is 11.3 Å². The first-order chi connectivity index (χ1) is 6.45. The summed E-state index contributed by atoms with van der Waals surface area (Å²) in [6, 6.07) is 0. The first kappa shape index (κ1) is 13.9. The predicted molar refractivity (Wildman–Crippen MR) is 58.5 cm³/mol. The third-order valence-corrected chi connectivity index (χ3v) is 1.87. The van der Waals surface area contributed by atoms with Crippen molar-refractivity contribution >= 4 is 11.9 Å². The highest BCUT2D eigenvalue weighted by Gasteiger charge is 2.38. The Bertz CT molecular complexity index is 258. The molecule has 0 fully saturated rings. The standard InChI is InChI=1S/C11H21NO3/c1-10(2,3)7(9(14)15)8(13)12-11(4,5)6/h7H,1-6H3,(H,12,13)(H,14,15). The Hall–Kier alpha value is -1.06. The minimum atomic E-state index is -1.08. The third kappa shape index (κ3) is 4.81. The summed E-state index contributed by atoms with van der Waals surface area (Å²) in [5.41, 5.74) is -0.989. The van der Waals surface area contributed by atoms with Crippen molar-refractivity contribution in [2.45, 2.75) is 47.1 Å². The zero-order chi connectivity index (χ0) is 12.4. The van der Waals surface area contributed by atoms with Gasteiger partial charge in [-0.3, -0.25) is 9.59 Å². The molecule has 15 heavy (non-hydrogen) atoms. The van der Waals surface area contributed by atoms with Crippen LogP contribution >= 0.6 is 0 Å². The lowest BCUT2D eigenvalue weighted by molar-refractivity contribution is -0.152. The largest absolute Gasteiger partial charge is 0.481 e. The molecule has 0 aromatic heterocycles. The van der Waals surface area contributed by atoms with Gasteiger partial charge in [-0.05, 0) is 26.2 Å². The number of carbonyl (C=O) groups excluding carboxylic acids is 1. The van der Waals surface area contributed by atoms with Crippen LogP contribution in [0.5, 0.6) is 0 Å². The van der Waals surface area contributed by atoms with Gasteiger partial charge in [-0.2, -0.15) is 0 Å². The number of carboxylic acid groups (broad SMARTS) is 1. The van der Waals surface area contributed by atoms with Crippen LogP contribution in [-0.2, 0) is 9.59 Å². The molecular formula is C11H21NO3. The zero-order valence-corrected chi connectivity index (χ0v) is 10.3. The topological polar surface area (TPSA) is 66.4 Å². The molecule has 0 rings (SSSR count). The van der Waals surface area contributed by atoms with E-state index in [1.807, 2.05) is 20.8 Å². The van der Waals surface area contributed by atoms with Crippen molar-refractivity contribution in [3.05, 3.63) is 0 Å². The van der Waals surface area contributed by atoms with Gasteiger partial charge in [-0.25, -0.2) is 0 Å². The number of amides is 1. The minimum absolute atomic E-state index is 0.407. The van der Waals surface area contributed by atoms with E-state index in [0.29, 0.717) is 0 Å². The van der Waals surface area contributed by atoms with Gasteiger partial charge in [-0.15, -0.1) is 0 Å². The number of hydrogen-bond donors (Lipinski definition) is 2. The van der Waals surface area contributed by atoms with E-state index >= 15 is 0 Å². The van der Waals surface area contributed by atoms with Gasteiger partial charge in [0, 0.05) is 5.54 Å². The van der Waals surface area contributed by atoms with Crippen LogP contribution in [-0.4, -0.2) is 22.5 Å². The molecule has 0 aliphatic carbocycles. The van der Waals surface area contributed by atoms with Crippen LogP contribution in [0.1, 0.15) is 41.5 Å². The van der Waals surface area contributed by atoms with Gasteiger partial charge in [-0.1, -0.05) is 20.8 Å². The lowest BCUT2D eigenvalue weighted by Gasteiger charge is -2.29. The number of carboxylic acids is 1. The number of hydrogen-bond acceptors (Lipinski definition) is 2. The molecule has 0 bridgehead atoms. The minimum Gasteiger partial charge on any atom is -0.481 e. The third-order valence-electron chi connectivity index (χ3n) is 1.87. The normalized spacial score (nSPS) is 14.5. The summed E-state index contributed by atoms with van der Waals surface area (Å²) in [5.74, 6) is -2.52. The molecule has 4 nitrogen and oxygen atoms in total. The summed E-state index contributed by atoms with van der Waals surface area (Å²) in [4.78, 5) is 22.8. The quantitative estimate of drug-likeness (QED) is 0.688. The summed E-state index contributed by atoms with van der Waals surface area (Å²) >= 11 is 0. The molecule has 0 aromatic rings.